The Labute approximate surface area is 173 Å². The van der Waals surface area contributed by atoms with E-state index < -0.39 is 17.9 Å². The zero-order valence-electron chi connectivity index (χ0n) is 15.2. The second-order valence-electron chi connectivity index (χ2n) is 6.49. The Morgan fingerprint density at radius 2 is 1.83 bits per heavy atom. The smallest absolute Gasteiger partial charge is 0.268 e. The van der Waals surface area contributed by atoms with Gasteiger partial charge < -0.3 is 19.2 Å². The second kappa shape index (κ2) is 7.21. The van der Waals surface area contributed by atoms with Crippen molar-refractivity contribution >= 4 is 50.3 Å². The molecule has 29 heavy (non-hydrogen) atoms. The van der Waals surface area contributed by atoms with Crippen LogP contribution >= 0.6 is 15.9 Å². The first-order valence-corrected chi connectivity index (χ1v) is 9.43. The van der Waals surface area contributed by atoms with Crippen molar-refractivity contribution in [3.05, 3.63) is 70.3 Å². The van der Waals surface area contributed by atoms with Crippen LogP contribution in [0, 0.1) is 0 Å². The minimum atomic E-state index is -1.46. The molecule has 0 unspecified atom stereocenters. The highest BCUT2D eigenvalue weighted by molar-refractivity contribution is 9.12. The molecule has 7 nitrogen and oxygen atoms in total. The number of ether oxygens (including phenoxy) is 1. The highest BCUT2D eigenvalue weighted by Crippen LogP contribution is 2.37. The van der Waals surface area contributed by atoms with Gasteiger partial charge >= 0.3 is 0 Å². The van der Waals surface area contributed by atoms with E-state index in [-0.39, 0.29) is 10.1 Å². The number of nitrogens with zero attached hydrogens (tertiary/aromatic N) is 2. The van der Waals surface area contributed by atoms with Crippen molar-refractivity contribution in [2.45, 2.75) is 6.61 Å². The monoisotopic (exact) mass is 453 g/mol. The molecule has 0 N–H and O–H groups in total. The van der Waals surface area contributed by atoms with Gasteiger partial charge in [0.05, 0.1) is 15.6 Å². The van der Waals surface area contributed by atoms with Crippen LogP contribution in [0.5, 0.6) is 5.75 Å². The van der Waals surface area contributed by atoms with Crippen LogP contribution in [-0.4, -0.2) is 34.4 Å². The van der Waals surface area contributed by atoms with E-state index in [1.165, 1.54) is 13.2 Å². The summed E-state index contributed by atoms with van der Waals surface area (Å²) < 4.78 is 6.76. The van der Waals surface area contributed by atoms with Crippen LogP contribution in [0.1, 0.15) is 11.1 Å². The van der Waals surface area contributed by atoms with E-state index in [1.54, 1.807) is 18.2 Å². The molecule has 0 atom stereocenters. The van der Waals surface area contributed by atoms with Gasteiger partial charge in [-0.05, 0) is 33.6 Å². The number of imide groups is 1. The molecule has 1 aliphatic rings. The highest BCUT2D eigenvalue weighted by atomic mass is 79.9. The maximum Gasteiger partial charge on any atom is 0.268 e. The number of likely N-dealkylation sites (N-methyl/N-ethyl adjacent to an activating group) is 1. The predicted octanol–water partition coefficient (Wildman–Crippen LogP) is 2.52. The Bertz CT molecular complexity index is 1200. The molecule has 0 saturated carbocycles. The molecule has 8 heteroatoms. The van der Waals surface area contributed by atoms with Crippen molar-refractivity contribution < 1.29 is 24.2 Å². The SMILES string of the molecule is CN1C(=O)C(Br)=C(c2cn(C(=O)[O-])c3cc(OCc4ccccc4)ccc23)C1=O. The quantitative estimate of drug-likeness (QED) is 0.565. The van der Waals surface area contributed by atoms with Gasteiger partial charge in [0.2, 0.25) is 0 Å². The van der Waals surface area contributed by atoms with E-state index in [2.05, 4.69) is 15.9 Å². The lowest BCUT2D eigenvalue weighted by Crippen LogP contribution is -2.28. The first kappa shape index (κ1) is 18.9. The largest absolute Gasteiger partial charge is 0.529 e. The van der Waals surface area contributed by atoms with Gasteiger partial charge in [-0.3, -0.25) is 14.5 Å². The summed E-state index contributed by atoms with van der Waals surface area (Å²) in [5, 5.41) is 12.1. The van der Waals surface area contributed by atoms with E-state index >= 15 is 0 Å². The minimum Gasteiger partial charge on any atom is -0.529 e. The Hall–Kier alpha value is -3.39. The van der Waals surface area contributed by atoms with Crippen LogP contribution in [0.2, 0.25) is 0 Å². The molecule has 4 rings (SSSR count). The lowest BCUT2D eigenvalue weighted by Gasteiger charge is -2.09. The maximum absolute atomic E-state index is 12.5. The number of carbonyl (C=O) groups excluding carboxylic acids is 3. The molecule has 2 heterocycles. The number of carbonyl (C=O) groups is 3. The van der Waals surface area contributed by atoms with Gasteiger partial charge in [0, 0.05) is 30.3 Å². The third kappa shape index (κ3) is 3.21. The number of hydrogen-bond acceptors (Lipinski definition) is 5. The van der Waals surface area contributed by atoms with Gasteiger partial charge in [-0.25, -0.2) is 0 Å². The fourth-order valence-electron chi connectivity index (χ4n) is 3.23. The van der Waals surface area contributed by atoms with Crippen molar-refractivity contribution in [2.24, 2.45) is 0 Å². The molecule has 0 spiro atoms. The van der Waals surface area contributed by atoms with E-state index in [0.29, 0.717) is 28.8 Å². The first-order valence-electron chi connectivity index (χ1n) is 8.64. The van der Waals surface area contributed by atoms with Crippen LogP contribution < -0.4 is 9.84 Å². The van der Waals surface area contributed by atoms with E-state index in [1.807, 2.05) is 30.3 Å². The zero-order chi connectivity index (χ0) is 20.7. The number of benzene rings is 2. The summed E-state index contributed by atoms with van der Waals surface area (Å²) in [5.74, 6) is -0.529. The summed E-state index contributed by atoms with van der Waals surface area (Å²) in [5.41, 5.74) is 1.71. The third-order valence-corrected chi connectivity index (χ3v) is 5.46. The number of fused-ring (bicyclic) bond motifs is 1. The number of halogens is 1. The average Bonchev–Trinajstić information content (AvgIpc) is 3.18. The molecule has 2 amide bonds. The fourth-order valence-corrected chi connectivity index (χ4v) is 3.88. The molecular formula is C21H14BrN2O5-. The predicted molar refractivity (Wildman–Crippen MR) is 107 cm³/mol. The summed E-state index contributed by atoms with van der Waals surface area (Å²) in [6.45, 7) is 0.319. The Kier molecular flexibility index (Phi) is 4.71. The average molecular weight is 454 g/mol. The molecule has 3 aromatic rings. The van der Waals surface area contributed by atoms with Crippen LogP contribution in [0.3, 0.4) is 0 Å². The van der Waals surface area contributed by atoms with Gasteiger partial charge in [0.1, 0.15) is 18.4 Å². The molecule has 0 bridgehead atoms. The molecule has 1 aliphatic heterocycles. The Balaban J connectivity index is 1.78. The lowest BCUT2D eigenvalue weighted by atomic mass is 10.1. The Morgan fingerprint density at radius 3 is 2.45 bits per heavy atom. The number of carboxylic acid groups (broad SMARTS) is 1. The highest BCUT2D eigenvalue weighted by Gasteiger charge is 2.36. The van der Waals surface area contributed by atoms with Crippen LogP contribution in [-0.2, 0) is 16.2 Å². The van der Waals surface area contributed by atoms with Gasteiger partial charge in [-0.15, -0.1) is 0 Å². The maximum atomic E-state index is 12.5. The summed E-state index contributed by atoms with van der Waals surface area (Å²) in [7, 11) is 1.37. The third-order valence-electron chi connectivity index (χ3n) is 4.72. The number of aromatic nitrogens is 1. The van der Waals surface area contributed by atoms with E-state index in [4.69, 9.17) is 4.74 Å². The number of rotatable bonds is 4. The summed E-state index contributed by atoms with van der Waals surface area (Å²) in [6, 6.07) is 14.5. The topological polar surface area (TPSA) is 91.7 Å². The van der Waals surface area contributed by atoms with Crippen molar-refractivity contribution in [3.63, 3.8) is 0 Å². The molecule has 0 aliphatic carbocycles. The molecule has 146 valence electrons. The van der Waals surface area contributed by atoms with Crippen molar-refractivity contribution in [1.29, 1.82) is 0 Å². The summed E-state index contributed by atoms with van der Waals surface area (Å²) >= 11 is 3.16. The number of amides is 2. The van der Waals surface area contributed by atoms with Gasteiger partial charge in [0.25, 0.3) is 11.8 Å². The molecular weight excluding hydrogens is 440 g/mol. The van der Waals surface area contributed by atoms with Crippen LogP contribution in [0.15, 0.2) is 59.2 Å². The van der Waals surface area contributed by atoms with Crippen LogP contribution in [0.25, 0.3) is 16.5 Å². The number of hydrogen-bond donors (Lipinski definition) is 0. The van der Waals surface area contributed by atoms with Gasteiger partial charge in [-0.2, -0.15) is 0 Å². The van der Waals surface area contributed by atoms with Gasteiger partial charge in [-0.1, -0.05) is 30.3 Å². The fraction of sp³-hybridized carbons (Fsp3) is 0.0952. The summed E-state index contributed by atoms with van der Waals surface area (Å²) in [6.07, 6.45) is -0.176. The molecule has 0 saturated heterocycles. The Morgan fingerprint density at radius 1 is 1.10 bits per heavy atom. The molecule has 1 aromatic heterocycles. The molecule has 0 radical (unpaired) electrons. The standard InChI is InChI=1S/C21H15BrN2O5/c1-23-19(25)17(18(22)20(23)26)15-10-24(21(27)28)16-9-13(7-8-14(15)16)29-11-12-5-3-2-4-6-12/h2-10H,11H2,1H3,(H,27,28)/p-1. The zero-order valence-corrected chi connectivity index (χ0v) is 16.8. The summed E-state index contributed by atoms with van der Waals surface area (Å²) in [4.78, 5) is 37.2. The molecule has 2 aromatic carbocycles. The normalized spacial score (nSPS) is 14.2. The molecule has 0 fully saturated rings. The van der Waals surface area contributed by atoms with Gasteiger partial charge in [0.15, 0.2) is 0 Å². The van der Waals surface area contributed by atoms with Crippen molar-refractivity contribution in [2.75, 3.05) is 7.05 Å². The second-order valence-corrected chi connectivity index (χ2v) is 7.28. The first-order chi connectivity index (χ1) is 13.9. The van der Waals surface area contributed by atoms with E-state index in [9.17, 15) is 19.5 Å². The van der Waals surface area contributed by atoms with Crippen molar-refractivity contribution in [3.8, 4) is 5.75 Å². The van der Waals surface area contributed by atoms with Crippen LogP contribution in [0.4, 0.5) is 4.79 Å². The lowest BCUT2D eigenvalue weighted by molar-refractivity contribution is -0.249. The minimum absolute atomic E-state index is 0.0896. The van der Waals surface area contributed by atoms with Crippen molar-refractivity contribution in [1.82, 2.24) is 9.47 Å². The van der Waals surface area contributed by atoms with E-state index in [0.717, 1.165) is 15.0 Å².